The van der Waals surface area contributed by atoms with Gasteiger partial charge in [0, 0.05) is 140 Å². The zero-order valence-corrected chi connectivity index (χ0v) is 87.2. The molecule has 0 unspecified atom stereocenters. The highest BCUT2D eigenvalue weighted by Crippen LogP contribution is 2.15. The maximum atomic E-state index is 11.9. The van der Waals surface area contributed by atoms with E-state index in [1.807, 2.05) is 55.4 Å². The van der Waals surface area contributed by atoms with Crippen molar-refractivity contribution >= 4 is 58.6 Å². The summed E-state index contributed by atoms with van der Waals surface area (Å²) in [6, 6.07) is 0. The Morgan fingerprint density at radius 3 is 0.564 bits per heavy atom. The molecule has 0 rings (SSSR count). The first kappa shape index (κ1) is 134. The van der Waals surface area contributed by atoms with Crippen LogP contribution in [0, 0.1) is 47.3 Å². The van der Waals surface area contributed by atoms with Crippen LogP contribution in [0.25, 0.3) is 0 Å². The van der Waals surface area contributed by atoms with Crippen molar-refractivity contribution in [2.45, 2.75) is 336 Å². The molecule has 0 spiro atoms. The smallest absolute Gasteiger partial charge is 0.222 e. The molecule has 30 nitrogen and oxygen atoms in total. The van der Waals surface area contributed by atoms with Crippen LogP contribution < -0.4 is 31.9 Å². The van der Waals surface area contributed by atoms with Crippen molar-refractivity contribution in [3.63, 3.8) is 0 Å². The van der Waals surface area contributed by atoms with E-state index < -0.39 is 0 Å². The molecule has 0 bridgehead atoms. The predicted molar refractivity (Wildman–Crippen MR) is 530 cm³/mol. The lowest BCUT2D eigenvalue weighted by atomic mass is 10.0. The van der Waals surface area contributed by atoms with Crippen LogP contribution in [0.1, 0.15) is 336 Å². The lowest BCUT2D eigenvalue weighted by Crippen LogP contribution is -2.31. The third-order valence-corrected chi connectivity index (χ3v) is 20.5. The SMILES string of the molecule is CC(C)CCCCC(=O)CCCCCCC(=O)NCCCCCC(=O)CCCNC(=O)C(C)C.CC(C)CCCCC(=O)CCCOCCOCCOCCNC(=O)C(C)C.CC(C)CCCCC(=O)CCCOCCOCCOCCOCCOCCOCCOCCOCCOCCOCCOCCNC(=O)C(C)C.CC(C)CCCCC(=O)NCCCCCNC(=O)C(C)C. The van der Waals surface area contributed by atoms with Crippen molar-refractivity contribution in [2.75, 3.05) is 224 Å². The average Bonchev–Trinajstić information content (AvgIpc) is 1.08. The number of carbonyl (C=O) groups excluding carboxylic acids is 10. The molecule has 0 aliphatic heterocycles. The fourth-order valence-electron chi connectivity index (χ4n) is 12.2. The standard InChI is InChI=1S/C37H73NO13.C28H52N2O4.C21H41NO5.C17H34N2O2/c1-34(2)8-5-6-9-36(39)10-7-12-41-14-16-43-18-20-45-22-24-47-26-28-49-30-32-51-33-31-50-29-27-48-25-23-46-21-19-44-17-15-42-13-11-38-37(40)35(3)4;1-23(2)15-11-12-18-25(31)16-8-5-6-10-20-27(33)29-21-13-7-9-17-26(32)19-14-22-30-28(34)24(3)4;1-18(2)8-5-6-9-20(23)10-7-12-25-14-16-27-17-15-26-13-11-22-21(24)19(3)4;1-14(2)10-6-7-11-16(20)18-12-8-5-9-13-19-17(21)15(3)4/h34-35H,5-33H2,1-4H3,(H,38,40);23-24H,5-22H2,1-4H3,(H,29,33)(H,30,34);18-19H,5-17H2,1-4H3,(H,22,24);14-15H,5-13H2,1-4H3,(H,18,20)(H,19,21). The largest absolute Gasteiger partial charge is 0.379 e. The molecule has 6 N–H and O–H groups in total. The van der Waals surface area contributed by atoms with E-state index in [1.54, 1.807) is 0 Å². The number of carbonyl (C=O) groups is 10. The third-order valence-electron chi connectivity index (χ3n) is 20.5. The molecule has 0 aromatic carbocycles. The van der Waals surface area contributed by atoms with Crippen molar-refractivity contribution in [2.24, 2.45) is 47.3 Å². The van der Waals surface area contributed by atoms with E-state index >= 15 is 0 Å². The van der Waals surface area contributed by atoms with Crippen LogP contribution in [0.15, 0.2) is 0 Å². The topological polar surface area (TPSA) is 372 Å². The minimum Gasteiger partial charge on any atom is -0.379 e. The number of ether oxygens (including phenoxy) is 14. The van der Waals surface area contributed by atoms with Gasteiger partial charge in [0.25, 0.3) is 0 Å². The molecule has 30 heteroatoms. The molecule has 6 amide bonds. The van der Waals surface area contributed by atoms with Crippen molar-refractivity contribution in [1.82, 2.24) is 31.9 Å². The maximum absolute atomic E-state index is 11.9. The Kier molecular flexibility index (Phi) is 107. The van der Waals surface area contributed by atoms with Gasteiger partial charge < -0.3 is 98.2 Å². The highest BCUT2D eigenvalue weighted by atomic mass is 16.6. The minimum absolute atomic E-state index is 0.00108. The number of rotatable bonds is 97. The average molecular weight is 1910 g/mol. The minimum atomic E-state index is -0.0212. The van der Waals surface area contributed by atoms with Crippen LogP contribution in [0.3, 0.4) is 0 Å². The summed E-state index contributed by atoms with van der Waals surface area (Å²) in [5.74, 6) is 4.71. The number of ketones is 4. The lowest BCUT2D eigenvalue weighted by molar-refractivity contribution is -0.125. The van der Waals surface area contributed by atoms with Crippen molar-refractivity contribution in [3.05, 3.63) is 0 Å². The summed E-state index contributed by atoms with van der Waals surface area (Å²) in [4.78, 5) is 116. The van der Waals surface area contributed by atoms with Gasteiger partial charge in [0.05, 0.1) is 172 Å². The van der Waals surface area contributed by atoms with Crippen LogP contribution in [0.4, 0.5) is 0 Å². The Bertz CT molecular complexity index is 2640. The van der Waals surface area contributed by atoms with E-state index in [4.69, 9.17) is 66.3 Å². The number of nitrogens with one attached hydrogen (secondary N) is 6. The quantitative estimate of drug-likeness (QED) is 0.0308. The Balaban J connectivity index is -0.000000882. The highest BCUT2D eigenvalue weighted by molar-refractivity contribution is 5.81. The Morgan fingerprint density at radius 1 is 0.158 bits per heavy atom. The Morgan fingerprint density at radius 2 is 0.323 bits per heavy atom. The summed E-state index contributed by atoms with van der Waals surface area (Å²) in [5.41, 5.74) is 0. The van der Waals surface area contributed by atoms with Gasteiger partial charge in [-0.25, -0.2) is 0 Å². The number of unbranched alkanes of at least 4 members (excludes halogenated alkanes) is 11. The fourth-order valence-corrected chi connectivity index (χ4v) is 12.2. The second kappa shape index (κ2) is 106. The number of Topliss-reactive ketones (excluding diaryl/α,β-unsaturated/α-hetero) is 4. The van der Waals surface area contributed by atoms with Crippen molar-refractivity contribution < 1.29 is 114 Å². The molecule has 0 atom stereocenters. The number of hydrogen-bond donors (Lipinski definition) is 6. The Labute approximate surface area is 807 Å². The second-order valence-corrected chi connectivity index (χ2v) is 36.9. The molecule has 0 saturated heterocycles. The summed E-state index contributed by atoms with van der Waals surface area (Å²) in [7, 11) is 0. The first-order valence-electron chi connectivity index (χ1n) is 51.8. The van der Waals surface area contributed by atoms with Crippen LogP contribution in [-0.2, 0) is 114 Å². The Hall–Kier alpha value is -5.06. The molecule has 0 radical (unpaired) electrons. The van der Waals surface area contributed by atoms with E-state index in [0.717, 1.165) is 166 Å². The molecule has 0 aromatic rings. The van der Waals surface area contributed by atoms with E-state index in [0.29, 0.717) is 299 Å². The van der Waals surface area contributed by atoms with Crippen LogP contribution >= 0.6 is 0 Å². The fraction of sp³-hybridized carbons (Fsp3) is 0.903. The lowest BCUT2D eigenvalue weighted by Gasteiger charge is -2.09. The maximum Gasteiger partial charge on any atom is 0.222 e. The molecular weight excluding hydrogens is 1710 g/mol. The molecule has 0 heterocycles. The van der Waals surface area contributed by atoms with Crippen LogP contribution in [0.2, 0.25) is 0 Å². The highest BCUT2D eigenvalue weighted by Gasteiger charge is 2.13. The monoisotopic (exact) mass is 1910 g/mol. The molecule has 0 saturated carbocycles. The van der Waals surface area contributed by atoms with Gasteiger partial charge in [0.1, 0.15) is 23.1 Å². The van der Waals surface area contributed by atoms with Gasteiger partial charge in [0.2, 0.25) is 35.4 Å². The van der Waals surface area contributed by atoms with Gasteiger partial charge in [-0.3, -0.25) is 47.9 Å². The van der Waals surface area contributed by atoms with Crippen LogP contribution in [-0.4, -0.2) is 283 Å². The van der Waals surface area contributed by atoms with Gasteiger partial charge in [-0.05, 0) is 114 Å². The zero-order chi connectivity index (χ0) is 99.3. The summed E-state index contributed by atoms with van der Waals surface area (Å²) in [6.45, 7) is 50.6. The predicted octanol–water partition coefficient (Wildman–Crippen LogP) is 16.1. The number of amides is 6. The summed E-state index contributed by atoms with van der Waals surface area (Å²) in [6.07, 6.45) is 31.5. The van der Waals surface area contributed by atoms with Gasteiger partial charge in [-0.1, -0.05) is 181 Å². The molecule has 0 fully saturated rings. The van der Waals surface area contributed by atoms with Gasteiger partial charge in [-0.2, -0.15) is 0 Å². The first-order chi connectivity index (χ1) is 64.0. The van der Waals surface area contributed by atoms with E-state index in [2.05, 4.69) is 87.3 Å². The summed E-state index contributed by atoms with van der Waals surface area (Å²) in [5, 5.41) is 17.2. The van der Waals surface area contributed by atoms with E-state index in [-0.39, 0.29) is 64.9 Å². The summed E-state index contributed by atoms with van der Waals surface area (Å²) < 4.78 is 76.5. The van der Waals surface area contributed by atoms with Gasteiger partial charge >= 0.3 is 0 Å². The van der Waals surface area contributed by atoms with Crippen molar-refractivity contribution in [1.29, 1.82) is 0 Å². The zero-order valence-electron chi connectivity index (χ0n) is 87.2. The molecule has 0 aromatic heterocycles. The number of hydrogen-bond acceptors (Lipinski definition) is 24. The molecule has 786 valence electrons. The third kappa shape index (κ3) is 117. The van der Waals surface area contributed by atoms with Gasteiger partial charge in [-0.15, -0.1) is 0 Å². The van der Waals surface area contributed by atoms with E-state index in [1.165, 1.54) is 25.7 Å². The van der Waals surface area contributed by atoms with E-state index in [9.17, 15) is 47.9 Å². The molecular formula is C103H200N6O24. The van der Waals surface area contributed by atoms with Crippen LogP contribution in [0.5, 0.6) is 0 Å². The molecule has 0 aliphatic carbocycles. The summed E-state index contributed by atoms with van der Waals surface area (Å²) >= 11 is 0. The second-order valence-electron chi connectivity index (χ2n) is 36.9. The normalized spacial score (nSPS) is 11.3. The molecule has 0 aliphatic rings. The first-order valence-corrected chi connectivity index (χ1v) is 51.8. The van der Waals surface area contributed by atoms with Crippen molar-refractivity contribution in [3.8, 4) is 0 Å². The molecule has 133 heavy (non-hydrogen) atoms. The van der Waals surface area contributed by atoms with Gasteiger partial charge in [0.15, 0.2) is 0 Å².